The van der Waals surface area contributed by atoms with Crippen LogP contribution in [0.1, 0.15) is 31.2 Å². The van der Waals surface area contributed by atoms with E-state index in [2.05, 4.69) is 35.3 Å². The van der Waals surface area contributed by atoms with Gasteiger partial charge in [0.05, 0.1) is 22.5 Å². The van der Waals surface area contributed by atoms with E-state index in [1.54, 1.807) is 18.3 Å². The Bertz CT molecular complexity index is 1260. The third-order valence-electron chi connectivity index (χ3n) is 5.98. The number of sulfonamides is 1. The molecule has 188 valence electrons. The van der Waals surface area contributed by atoms with Gasteiger partial charge in [0, 0.05) is 31.7 Å². The molecule has 35 heavy (non-hydrogen) atoms. The second-order valence-corrected chi connectivity index (χ2v) is 12.2. The minimum absolute atomic E-state index is 0.0904. The summed E-state index contributed by atoms with van der Waals surface area (Å²) < 4.78 is 47.0. The lowest BCUT2D eigenvalue weighted by Crippen LogP contribution is -2.44. The normalized spacial score (nSPS) is 24.9. The third kappa shape index (κ3) is 5.78. The molecule has 0 spiro atoms. The number of hydrogen-bond donors (Lipinski definition) is 3. The van der Waals surface area contributed by atoms with Gasteiger partial charge in [-0.05, 0) is 44.4 Å². The first kappa shape index (κ1) is 24.1. The van der Waals surface area contributed by atoms with E-state index < -0.39 is 16.2 Å². The number of piperidine rings is 1. The summed E-state index contributed by atoms with van der Waals surface area (Å²) in [4.78, 5) is 18.6. The van der Waals surface area contributed by atoms with Crippen molar-refractivity contribution in [2.75, 3.05) is 25.0 Å². The summed E-state index contributed by atoms with van der Waals surface area (Å²) in [5.74, 6) is 1.20. The number of rotatable bonds is 7. The fourth-order valence-corrected chi connectivity index (χ4v) is 6.16. The van der Waals surface area contributed by atoms with Crippen molar-refractivity contribution >= 4 is 33.1 Å². The van der Waals surface area contributed by atoms with Crippen LogP contribution in [0, 0.1) is 6.92 Å². The molecular formula is C22H28FN7O3S2. The van der Waals surface area contributed by atoms with Crippen molar-refractivity contribution in [1.82, 2.24) is 25.0 Å². The molecule has 1 unspecified atom stereocenters. The zero-order chi connectivity index (χ0) is 24.6. The second-order valence-electron chi connectivity index (χ2n) is 9.03. The highest BCUT2D eigenvalue weighted by Crippen LogP contribution is 2.36. The monoisotopic (exact) mass is 521 g/mol. The van der Waals surface area contributed by atoms with Crippen LogP contribution in [0.4, 0.5) is 10.3 Å². The number of nitrogens with one attached hydrogen (secondary N) is 3. The van der Waals surface area contributed by atoms with Crippen molar-refractivity contribution in [2.45, 2.75) is 56.7 Å². The Kier molecular flexibility index (Phi) is 6.73. The molecule has 3 aliphatic rings. The van der Waals surface area contributed by atoms with Crippen molar-refractivity contribution in [3.63, 3.8) is 0 Å². The SMILES string of the molecule is CC1=CC(NS(=O)(=O)C2CC2)=NCC1Oc1nc(C)sc1-c1ccnc(N[C@@H]2CNC[C@@H](F)C2)n1. The summed E-state index contributed by atoms with van der Waals surface area (Å²) in [5, 5.41) is 6.78. The fraction of sp³-hybridized carbons (Fsp3) is 0.545. The molecule has 3 atom stereocenters. The highest BCUT2D eigenvalue weighted by atomic mass is 32.2. The van der Waals surface area contributed by atoms with Crippen molar-refractivity contribution in [2.24, 2.45) is 4.99 Å². The maximum atomic E-state index is 13.7. The Morgan fingerprint density at radius 1 is 1.23 bits per heavy atom. The molecule has 1 aliphatic carbocycles. The van der Waals surface area contributed by atoms with E-state index in [4.69, 9.17) is 4.74 Å². The standard InChI is InChI=1S/C22H28FN7O3S2/c1-12-7-19(30-35(31,32)16-3-4-16)26-11-18(12)33-21-20(34-13(2)27-21)17-5-6-25-22(29-17)28-15-8-14(23)9-24-10-15/h5-7,14-16,18,24H,3-4,8-11H2,1-2H3,(H,26,30)(H,25,28,29)/t14-,15-,18?/m0/s1. The minimum Gasteiger partial charge on any atom is -0.467 e. The van der Waals surface area contributed by atoms with Crippen LogP contribution in [-0.4, -0.2) is 72.4 Å². The van der Waals surface area contributed by atoms with Crippen molar-refractivity contribution in [1.29, 1.82) is 0 Å². The van der Waals surface area contributed by atoms with Gasteiger partial charge in [0.1, 0.15) is 23.0 Å². The molecule has 2 fully saturated rings. The molecule has 0 aromatic carbocycles. The summed E-state index contributed by atoms with van der Waals surface area (Å²) in [6, 6.07) is 1.70. The molecule has 5 rings (SSSR count). The minimum atomic E-state index is -3.37. The molecular weight excluding hydrogens is 493 g/mol. The molecule has 3 N–H and O–H groups in total. The Morgan fingerprint density at radius 2 is 2.06 bits per heavy atom. The number of aryl methyl sites for hydroxylation is 1. The zero-order valence-electron chi connectivity index (χ0n) is 19.5. The largest absolute Gasteiger partial charge is 0.467 e. The van der Waals surface area contributed by atoms with Gasteiger partial charge in [-0.25, -0.2) is 27.8 Å². The molecule has 0 radical (unpaired) electrons. The lowest BCUT2D eigenvalue weighted by Gasteiger charge is -2.26. The summed E-state index contributed by atoms with van der Waals surface area (Å²) in [7, 11) is -3.37. The summed E-state index contributed by atoms with van der Waals surface area (Å²) in [6.45, 7) is 5.06. The van der Waals surface area contributed by atoms with E-state index in [1.165, 1.54) is 11.3 Å². The van der Waals surface area contributed by atoms with E-state index in [1.807, 2.05) is 13.8 Å². The van der Waals surface area contributed by atoms with Crippen LogP contribution in [0.25, 0.3) is 10.6 Å². The van der Waals surface area contributed by atoms with Crippen molar-refractivity contribution < 1.29 is 17.5 Å². The number of alkyl halides is 1. The van der Waals surface area contributed by atoms with Gasteiger partial charge < -0.3 is 15.4 Å². The number of nitrogens with zero attached hydrogens (tertiary/aromatic N) is 4. The molecule has 1 saturated heterocycles. The lowest BCUT2D eigenvalue weighted by molar-refractivity contribution is 0.236. The molecule has 2 aliphatic heterocycles. The number of thiazole rings is 1. The molecule has 4 heterocycles. The quantitative estimate of drug-likeness (QED) is 0.506. The summed E-state index contributed by atoms with van der Waals surface area (Å²) in [6.07, 6.45) is 3.87. The van der Waals surface area contributed by atoms with Crippen LogP contribution in [0.3, 0.4) is 0 Å². The number of aliphatic imine (C=N–C) groups is 1. The smallest absolute Gasteiger partial charge is 0.236 e. The average molecular weight is 522 g/mol. The van der Waals surface area contributed by atoms with Gasteiger partial charge >= 0.3 is 0 Å². The van der Waals surface area contributed by atoms with E-state index >= 15 is 0 Å². The lowest BCUT2D eigenvalue weighted by atomic mass is 10.1. The Labute approximate surface area is 207 Å². The maximum absolute atomic E-state index is 13.7. The van der Waals surface area contributed by atoms with E-state index in [0.29, 0.717) is 55.7 Å². The third-order valence-corrected chi connectivity index (χ3v) is 8.80. The summed E-state index contributed by atoms with van der Waals surface area (Å²) in [5.41, 5.74) is 1.50. The van der Waals surface area contributed by atoms with Gasteiger partial charge in [0.25, 0.3) is 0 Å². The fourth-order valence-electron chi connectivity index (χ4n) is 4.00. The number of ether oxygens (including phenoxy) is 1. The van der Waals surface area contributed by atoms with Gasteiger partial charge in [-0.15, -0.1) is 11.3 Å². The van der Waals surface area contributed by atoms with Crippen LogP contribution < -0.4 is 20.1 Å². The first-order chi connectivity index (χ1) is 16.8. The van der Waals surface area contributed by atoms with E-state index in [9.17, 15) is 12.8 Å². The topological polar surface area (TPSA) is 130 Å². The first-order valence-electron chi connectivity index (χ1n) is 11.6. The number of halogens is 1. The Morgan fingerprint density at radius 3 is 2.80 bits per heavy atom. The van der Waals surface area contributed by atoms with Crippen molar-refractivity contribution in [3.8, 4) is 16.5 Å². The maximum Gasteiger partial charge on any atom is 0.236 e. The van der Waals surface area contributed by atoms with Gasteiger partial charge in [0.15, 0.2) is 0 Å². The molecule has 2 aromatic rings. The van der Waals surface area contributed by atoms with Crippen LogP contribution in [-0.2, 0) is 10.0 Å². The van der Waals surface area contributed by atoms with Crippen LogP contribution in [0.5, 0.6) is 5.88 Å². The van der Waals surface area contributed by atoms with E-state index in [-0.39, 0.29) is 23.9 Å². The molecule has 0 bridgehead atoms. The Balaban J connectivity index is 1.29. The van der Waals surface area contributed by atoms with Crippen LogP contribution in [0.2, 0.25) is 0 Å². The Hall–Kier alpha value is -2.64. The zero-order valence-corrected chi connectivity index (χ0v) is 21.1. The molecule has 10 nitrogen and oxygen atoms in total. The van der Waals surface area contributed by atoms with Gasteiger partial charge in [-0.1, -0.05) is 0 Å². The van der Waals surface area contributed by atoms with Gasteiger partial charge in [-0.3, -0.25) is 9.71 Å². The predicted octanol–water partition coefficient (Wildman–Crippen LogP) is 2.21. The van der Waals surface area contributed by atoms with Gasteiger partial charge in [-0.2, -0.15) is 0 Å². The summed E-state index contributed by atoms with van der Waals surface area (Å²) >= 11 is 1.46. The van der Waals surface area contributed by atoms with Gasteiger partial charge in [0.2, 0.25) is 21.9 Å². The predicted molar refractivity (Wildman–Crippen MR) is 133 cm³/mol. The number of anilines is 1. The van der Waals surface area contributed by atoms with Crippen molar-refractivity contribution in [3.05, 3.63) is 28.9 Å². The molecule has 1 saturated carbocycles. The first-order valence-corrected chi connectivity index (χ1v) is 14.0. The van der Waals surface area contributed by atoms with Crippen LogP contribution >= 0.6 is 11.3 Å². The second kappa shape index (κ2) is 9.78. The number of hydrogen-bond acceptors (Lipinski definition) is 10. The number of amidine groups is 1. The van der Waals surface area contributed by atoms with E-state index in [0.717, 1.165) is 15.5 Å². The average Bonchev–Trinajstić information content (AvgIpc) is 3.60. The number of aromatic nitrogens is 3. The highest BCUT2D eigenvalue weighted by molar-refractivity contribution is 7.91. The molecule has 0 amide bonds. The number of dihydropyridines is 1. The molecule has 2 aromatic heterocycles. The highest BCUT2D eigenvalue weighted by Gasteiger charge is 2.36. The van der Waals surface area contributed by atoms with Crippen LogP contribution in [0.15, 0.2) is 28.9 Å². The molecule has 13 heteroatoms.